The van der Waals surface area contributed by atoms with E-state index in [0.29, 0.717) is 0 Å². The summed E-state index contributed by atoms with van der Waals surface area (Å²) in [4.78, 5) is 0. The molecule has 0 fully saturated rings. The van der Waals surface area contributed by atoms with Crippen LogP contribution in [0.1, 0.15) is 0 Å². The van der Waals surface area contributed by atoms with Crippen molar-refractivity contribution >= 4 is 68.8 Å². The predicted octanol–water partition coefficient (Wildman–Crippen LogP) is 7.63. The molecule has 0 bridgehead atoms. The molecule has 7 aromatic carbocycles. The summed E-state index contributed by atoms with van der Waals surface area (Å²) in [6.45, 7) is 0. The fourth-order valence-electron chi connectivity index (χ4n) is 5.56. The molecule has 0 radical (unpaired) electrons. The molecule has 7 rings (SSSR count). The van der Waals surface area contributed by atoms with Crippen molar-refractivity contribution in [3.05, 3.63) is 140 Å². The Morgan fingerprint density at radius 3 is 1.50 bits per heavy atom. The van der Waals surface area contributed by atoms with Gasteiger partial charge in [0.25, 0.3) is 0 Å². The van der Waals surface area contributed by atoms with Crippen LogP contribution in [-0.2, 0) is 0 Å². The molecule has 0 heterocycles. The van der Waals surface area contributed by atoms with Gasteiger partial charge in [0.15, 0.2) is 0 Å². The van der Waals surface area contributed by atoms with Crippen LogP contribution in [0, 0.1) is 0 Å². The van der Waals surface area contributed by atoms with E-state index in [9.17, 15) is 0 Å². The topological polar surface area (TPSA) is 0 Å². The molecule has 0 unspecified atom stereocenters. The van der Waals surface area contributed by atoms with Crippen molar-refractivity contribution in [1.82, 2.24) is 0 Å². The van der Waals surface area contributed by atoms with Gasteiger partial charge in [-0.2, -0.15) is 0 Å². The van der Waals surface area contributed by atoms with E-state index >= 15 is 0 Å². The Kier molecular flexibility index (Phi) is 5.19. The Hall–Kier alpha value is -3.47. The molecule has 0 atom stereocenters. The van der Waals surface area contributed by atoms with Crippen LogP contribution in [0.4, 0.5) is 0 Å². The summed E-state index contributed by atoms with van der Waals surface area (Å²) in [5.74, 6) is 0. The molecule has 0 amide bonds. The SMILES string of the molecule is [Se]=P(c1ccccc1)(c1ccccc1)c1ccc(-c2ccc3ccc4cccc5ccc2c3c45)cc1. The Bertz CT molecular complexity index is 1830. The van der Waals surface area contributed by atoms with Gasteiger partial charge in [0.05, 0.1) is 0 Å². The van der Waals surface area contributed by atoms with E-state index in [1.165, 1.54) is 59.4 Å². The van der Waals surface area contributed by atoms with E-state index < -0.39 is 5.51 Å². The first-order valence-corrected chi connectivity index (χ1v) is 16.2. The van der Waals surface area contributed by atoms with Gasteiger partial charge in [-0.1, -0.05) is 0 Å². The molecule has 36 heavy (non-hydrogen) atoms. The van der Waals surface area contributed by atoms with Gasteiger partial charge in [0.1, 0.15) is 0 Å². The zero-order chi connectivity index (χ0) is 24.1. The molecule has 0 nitrogen and oxygen atoms in total. The van der Waals surface area contributed by atoms with Crippen LogP contribution >= 0.6 is 5.51 Å². The summed E-state index contributed by atoms with van der Waals surface area (Å²) >= 11 is 3.67. The third-order valence-corrected chi connectivity index (χ3v) is 14.4. The average molecular weight is 541 g/mol. The maximum atomic E-state index is 3.67. The van der Waals surface area contributed by atoms with Gasteiger partial charge >= 0.3 is 219 Å². The van der Waals surface area contributed by atoms with Gasteiger partial charge in [-0.15, -0.1) is 0 Å². The Morgan fingerprint density at radius 2 is 0.889 bits per heavy atom. The van der Waals surface area contributed by atoms with Crippen molar-refractivity contribution in [1.29, 1.82) is 0 Å². The molecule has 0 aliphatic rings. The van der Waals surface area contributed by atoms with Crippen molar-refractivity contribution < 1.29 is 0 Å². The van der Waals surface area contributed by atoms with Crippen LogP contribution in [0.3, 0.4) is 0 Å². The zero-order valence-electron chi connectivity index (χ0n) is 19.6. The third kappa shape index (κ3) is 3.32. The van der Waals surface area contributed by atoms with Crippen molar-refractivity contribution in [2.45, 2.75) is 0 Å². The van der Waals surface area contributed by atoms with Crippen LogP contribution in [0.5, 0.6) is 0 Å². The van der Waals surface area contributed by atoms with Crippen LogP contribution in [0.25, 0.3) is 43.4 Å². The van der Waals surface area contributed by atoms with E-state index in [1.54, 1.807) is 0 Å². The molecule has 0 saturated carbocycles. The second-order valence-electron chi connectivity index (χ2n) is 9.30. The van der Waals surface area contributed by atoms with Crippen molar-refractivity contribution in [3.8, 4) is 11.1 Å². The number of benzene rings is 7. The van der Waals surface area contributed by atoms with Gasteiger partial charge < -0.3 is 0 Å². The molecule has 7 aromatic rings. The fraction of sp³-hybridized carbons (Fsp3) is 0. The summed E-state index contributed by atoms with van der Waals surface area (Å²) in [5.41, 5.74) is 0.684. The maximum absolute atomic E-state index is 3.67. The monoisotopic (exact) mass is 542 g/mol. The molecule has 0 spiro atoms. The van der Waals surface area contributed by atoms with E-state index in [1.807, 2.05) is 0 Å². The standard InChI is InChI=1S/C34H23PSe/c36-35(28-10-3-1-4-11-28,29-12-5-2-6-13-29)30-20-16-24(17-21-30)31-22-18-27-15-14-25-8-7-9-26-19-23-32(31)34(27)33(25)26/h1-23H. The van der Waals surface area contributed by atoms with E-state index in [0.717, 1.165) is 0 Å². The van der Waals surface area contributed by atoms with Crippen LogP contribution < -0.4 is 15.9 Å². The molecular weight excluding hydrogens is 518 g/mol. The molecule has 0 aliphatic carbocycles. The fourth-order valence-corrected chi connectivity index (χ4v) is 10.5. The first-order chi connectivity index (χ1) is 17.7. The minimum absolute atomic E-state index is 1.25. The number of rotatable bonds is 4. The summed E-state index contributed by atoms with van der Waals surface area (Å²) in [6, 6.07) is 51.3. The summed E-state index contributed by atoms with van der Waals surface area (Å²) < 4.78 is 0. The van der Waals surface area contributed by atoms with Crippen LogP contribution in [0.2, 0.25) is 0 Å². The summed E-state index contributed by atoms with van der Waals surface area (Å²) in [5, 5.41) is 12.0. The van der Waals surface area contributed by atoms with E-state index in [4.69, 9.17) is 0 Å². The minimum atomic E-state index is -1.86. The molecule has 0 aromatic heterocycles. The van der Waals surface area contributed by atoms with Crippen molar-refractivity contribution in [3.63, 3.8) is 0 Å². The van der Waals surface area contributed by atoms with Gasteiger partial charge in [-0.05, 0) is 0 Å². The molecule has 0 N–H and O–H groups in total. The zero-order valence-corrected chi connectivity index (χ0v) is 22.2. The Balaban J connectivity index is 1.41. The molecule has 170 valence electrons. The molecular formula is C34H23PSe. The van der Waals surface area contributed by atoms with Gasteiger partial charge in [0.2, 0.25) is 0 Å². The molecule has 0 aliphatic heterocycles. The third-order valence-electron chi connectivity index (χ3n) is 7.31. The van der Waals surface area contributed by atoms with Gasteiger partial charge in [0, 0.05) is 0 Å². The molecule has 2 heteroatoms. The van der Waals surface area contributed by atoms with Crippen molar-refractivity contribution in [2.24, 2.45) is 0 Å². The van der Waals surface area contributed by atoms with E-state index in [2.05, 4.69) is 155 Å². The van der Waals surface area contributed by atoms with Crippen LogP contribution in [-0.4, -0.2) is 15.1 Å². The van der Waals surface area contributed by atoms with Crippen LogP contribution in [0.15, 0.2) is 140 Å². The normalized spacial score (nSPS) is 12.0. The summed E-state index contributed by atoms with van der Waals surface area (Å²) in [6.07, 6.45) is 0. The second kappa shape index (κ2) is 8.58. The van der Waals surface area contributed by atoms with E-state index in [-0.39, 0.29) is 0 Å². The quantitative estimate of drug-likeness (QED) is 0.122. The van der Waals surface area contributed by atoms with Gasteiger partial charge in [-0.3, -0.25) is 0 Å². The summed E-state index contributed by atoms with van der Waals surface area (Å²) in [7, 11) is 0. The first-order valence-electron chi connectivity index (χ1n) is 12.2. The van der Waals surface area contributed by atoms with Gasteiger partial charge in [-0.25, -0.2) is 0 Å². The van der Waals surface area contributed by atoms with Crippen molar-refractivity contribution in [2.75, 3.05) is 0 Å². The Morgan fingerprint density at radius 1 is 0.389 bits per heavy atom. The Labute approximate surface area is 218 Å². The number of hydrogen-bond donors (Lipinski definition) is 0. The molecule has 0 saturated heterocycles. The number of hydrogen-bond acceptors (Lipinski definition) is 0. The predicted molar refractivity (Wildman–Crippen MR) is 160 cm³/mol. The second-order valence-corrected chi connectivity index (χ2v) is 15.5. The average Bonchev–Trinajstić information content (AvgIpc) is 2.96. The first kappa shape index (κ1) is 21.8.